The minimum absolute atomic E-state index is 0.0113. The van der Waals surface area contributed by atoms with Gasteiger partial charge in [-0.15, -0.1) is 0 Å². The van der Waals surface area contributed by atoms with Gasteiger partial charge in [0.1, 0.15) is 0 Å². The van der Waals surface area contributed by atoms with E-state index >= 15 is 0 Å². The van der Waals surface area contributed by atoms with Crippen LogP contribution in [0.5, 0.6) is 0 Å². The molecule has 4 heteroatoms. The first-order chi connectivity index (χ1) is 10.3. The van der Waals surface area contributed by atoms with Gasteiger partial charge in [0.2, 0.25) is 11.8 Å². The van der Waals surface area contributed by atoms with Crippen molar-refractivity contribution in [2.45, 2.75) is 56.1 Å². The number of carbonyl (C=O) groups is 2. The van der Waals surface area contributed by atoms with Crippen LogP contribution in [0.25, 0.3) is 0 Å². The Morgan fingerprint density at radius 2 is 1.67 bits per heavy atom. The molecule has 0 bridgehead atoms. The number of hydrogen-bond donors (Lipinski definition) is 0. The molecule has 0 radical (unpaired) electrons. The van der Waals surface area contributed by atoms with E-state index in [2.05, 4.69) is 0 Å². The van der Waals surface area contributed by atoms with Crippen LogP contribution in [0.15, 0.2) is 30.3 Å². The van der Waals surface area contributed by atoms with Gasteiger partial charge in [-0.05, 0) is 36.8 Å². The summed E-state index contributed by atoms with van der Waals surface area (Å²) < 4.78 is 1.47. The molecular formula is C17H21NO2S. The van der Waals surface area contributed by atoms with Crippen molar-refractivity contribution < 1.29 is 9.59 Å². The van der Waals surface area contributed by atoms with Crippen molar-refractivity contribution in [3.63, 3.8) is 0 Å². The van der Waals surface area contributed by atoms with E-state index in [1.807, 2.05) is 30.3 Å². The highest BCUT2D eigenvalue weighted by Gasteiger charge is 2.37. The molecule has 3 nitrogen and oxygen atoms in total. The van der Waals surface area contributed by atoms with Gasteiger partial charge >= 0.3 is 0 Å². The Morgan fingerprint density at radius 3 is 2.38 bits per heavy atom. The van der Waals surface area contributed by atoms with E-state index < -0.39 is 0 Å². The molecule has 1 aliphatic heterocycles. The van der Waals surface area contributed by atoms with E-state index in [9.17, 15) is 9.59 Å². The highest BCUT2D eigenvalue weighted by molar-refractivity contribution is 7.98. The summed E-state index contributed by atoms with van der Waals surface area (Å²) in [4.78, 5) is 24.8. The summed E-state index contributed by atoms with van der Waals surface area (Å²) in [5, 5.41) is 0.432. The number of piperidine rings is 1. The van der Waals surface area contributed by atoms with Gasteiger partial charge in [-0.25, -0.2) is 4.31 Å². The summed E-state index contributed by atoms with van der Waals surface area (Å²) in [7, 11) is 0. The first kappa shape index (κ1) is 14.6. The predicted molar refractivity (Wildman–Crippen MR) is 84.7 cm³/mol. The number of amides is 2. The molecule has 21 heavy (non-hydrogen) atoms. The third-order valence-corrected chi connectivity index (χ3v) is 5.74. The van der Waals surface area contributed by atoms with Crippen LogP contribution in [0, 0.1) is 0 Å². The van der Waals surface area contributed by atoms with Crippen LogP contribution in [0.3, 0.4) is 0 Å². The molecule has 2 aliphatic rings. The van der Waals surface area contributed by atoms with Crippen LogP contribution in [0.4, 0.5) is 0 Å². The second-order valence-corrected chi connectivity index (χ2v) is 7.14. The number of carbonyl (C=O) groups excluding carboxylic acids is 2. The van der Waals surface area contributed by atoms with Gasteiger partial charge in [0.25, 0.3) is 0 Å². The van der Waals surface area contributed by atoms with Gasteiger partial charge in [0.05, 0.1) is 5.92 Å². The lowest BCUT2D eigenvalue weighted by atomic mass is 9.91. The molecule has 0 spiro atoms. The zero-order chi connectivity index (χ0) is 14.7. The number of benzene rings is 1. The molecule has 1 aliphatic carbocycles. The largest absolute Gasteiger partial charge is 0.273 e. The molecule has 1 saturated carbocycles. The number of imide groups is 1. The topological polar surface area (TPSA) is 37.4 Å². The average Bonchev–Trinajstić information content (AvgIpc) is 2.53. The maximum atomic E-state index is 12.7. The Hall–Kier alpha value is -1.29. The fourth-order valence-corrected chi connectivity index (χ4v) is 4.46. The lowest BCUT2D eigenvalue weighted by molar-refractivity contribution is -0.142. The number of nitrogens with zero attached hydrogens (tertiary/aromatic N) is 1. The van der Waals surface area contributed by atoms with Crippen LogP contribution < -0.4 is 0 Å². The highest BCUT2D eigenvalue weighted by Crippen LogP contribution is 2.37. The first-order valence-corrected chi connectivity index (χ1v) is 8.68. The van der Waals surface area contributed by atoms with Crippen molar-refractivity contribution >= 4 is 23.8 Å². The van der Waals surface area contributed by atoms with Crippen LogP contribution in [0.1, 0.15) is 56.4 Å². The fourth-order valence-electron chi connectivity index (χ4n) is 3.18. The smallest absolute Gasteiger partial charge is 0.246 e. The molecule has 0 N–H and O–H groups in total. The zero-order valence-electron chi connectivity index (χ0n) is 12.2. The van der Waals surface area contributed by atoms with E-state index in [4.69, 9.17) is 0 Å². The Kier molecular flexibility index (Phi) is 4.63. The normalized spacial score (nSPS) is 24.4. The summed E-state index contributed by atoms with van der Waals surface area (Å²) in [5.41, 5.74) is 1.03. The van der Waals surface area contributed by atoms with Crippen LogP contribution in [0.2, 0.25) is 0 Å². The van der Waals surface area contributed by atoms with Gasteiger partial charge in [-0.1, -0.05) is 49.6 Å². The maximum absolute atomic E-state index is 12.7. The van der Waals surface area contributed by atoms with E-state index in [1.165, 1.54) is 35.5 Å². The zero-order valence-corrected chi connectivity index (χ0v) is 13.0. The molecule has 1 saturated heterocycles. The average molecular weight is 303 g/mol. The van der Waals surface area contributed by atoms with Gasteiger partial charge < -0.3 is 0 Å². The molecule has 1 unspecified atom stereocenters. The lowest BCUT2D eigenvalue weighted by Gasteiger charge is -2.33. The van der Waals surface area contributed by atoms with E-state index in [0.717, 1.165) is 18.4 Å². The Balaban J connectivity index is 1.72. The molecule has 2 fully saturated rings. The Morgan fingerprint density at radius 1 is 0.952 bits per heavy atom. The van der Waals surface area contributed by atoms with E-state index in [0.29, 0.717) is 18.1 Å². The van der Waals surface area contributed by atoms with Crippen molar-refractivity contribution in [2.75, 3.05) is 0 Å². The molecule has 0 aromatic heterocycles. The molecule has 3 rings (SSSR count). The molecule has 1 aromatic carbocycles. The maximum Gasteiger partial charge on any atom is 0.246 e. The van der Waals surface area contributed by atoms with Gasteiger partial charge in [0.15, 0.2) is 0 Å². The lowest BCUT2D eigenvalue weighted by Crippen LogP contribution is -2.41. The molecule has 2 amide bonds. The van der Waals surface area contributed by atoms with Gasteiger partial charge in [-0.3, -0.25) is 9.59 Å². The van der Waals surface area contributed by atoms with Gasteiger partial charge in [-0.2, -0.15) is 0 Å². The molecule has 112 valence electrons. The van der Waals surface area contributed by atoms with Crippen molar-refractivity contribution in [1.82, 2.24) is 4.31 Å². The van der Waals surface area contributed by atoms with Crippen molar-refractivity contribution in [3.05, 3.63) is 35.9 Å². The number of rotatable bonds is 3. The summed E-state index contributed by atoms with van der Waals surface area (Å²) >= 11 is 1.49. The molecule has 1 aromatic rings. The molecule has 1 heterocycles. The van der Waals surface area contributed by atoms with Crippen LogP contribution in [-0.4, -0.2) is 21.4 Å². The standard InChI is InChI=1S/C17H21NO2S/c19-16-12-11-15(13-7-3-1-4-8-13)17(20)18(16)21-14-9-5-2-6-10-14/h1,3-4,7-8,14-15H,2,5-6,9-12H2. The number of hydrogen-bond acceptors (Lipinski definition) is 3. The summed E-state index contributed by atoms with van der Waals surface area (Å²) in [6.45, 7) is 0. The minimum atomic E-state index is -0.153. The third kappa shape index (κ3) is 3.31. The summed E-state index contributed by atoms with van der Waals surface area (Å²) in [5.74, 6) is -0.184. The van der Waals surface area contributed by atoms with Crippen LogP contribution in [-0.2, 0) is 9.59 Å². The van der Waals surface area contributed by atoms with Crippen molar-refractivity contribution in [1.29, 1.82) is 0 Å². The van der Waals surface area contributed by atoms with Crippen molar-refractivity contribution in [3.8, 4) is 0 Å². The highest BCUT2D eigenvalue weighted by atomic mass is 32.2. The van der Waals surface area contributed by atoms with Crippen LogP contribution >= 0.6 is 11.9 Å². The van der Waals surface area contributed by atoms with E-state index in [1.54, 1.807) is 0 Å². The monoisotopic (exact) mass is 303 g/mol. The Bertz CT molecular complexity index is 511. The second-order valence-electron chi connectivity index (χ2n) is 5.89. The quantitative estimate of drug-likeness (QED) is 0.628. The second kappa shape index (κ2) is 6.65. The minimum Gasteiger partial charge on any atom is -0.273 e. The fraction of sp³-hybridized carbons (Fsp3) is 0.529. The van der Waals surface area contributed by atoms with Gasteiger partial charge in [0, 0.05) is 11.7 Å². The SMILES string of the molecule is O=C1CCC(c2ccccc2)C(=O)N1SC1CCCCC1. The van der Waals surface area contributed by atoms with E-state index in [-0.39, 0.29) is 17.7 Å². The Labute approximate surface area is 130 Å². The summed E-state index contributed by atoms with van der Waals surface area (Å²) in [6, 6.07) is 9.84. The first-order valence-electron chi connectivity index (χ1n) is 7.84. The third-order valence-electron chi connectivity index (χ3n) is 4.38. The molecular weight excluding hydrogens is 282 g/mol. The molecule has 1 atom stereocenters. The van der Waals surface area contributed by atoms with Crippen molar-refractivity contribution in [2.24, 2.45) is 0 Å². The predicted octanol–water partition coefficient (Wildman–Crippen LogP) is 3.90. The summed E-state index contributed by atoms with van der Waals surface area (Å²) in [6.07, 6.45) is 7.08.